The van der Waals surface area contributed by atoms with Crippen molar-refractivity contribution in [3.05, 3.63) is 58.9 Å². The molecule has 26 heavy (non-hydrogen) atoms. The first-order chi connectivity index (χ1) is 12.6. The molecule has 0 spiro atoms. The van der Waals surface area contributed by atoms with Gasteiger partial charge in [0.1, 0.15) is 5.82 Å². The Balaban J connectivity index is 1.70. The Labute approximate surface area is 159 Å². The van der Waals surface area contributed by atoms with Crippen molar-refractivity contribution in [3.63, 3.8) is 0 Å². The van der Waals surface area contributed by atoms with E-state index in [4.69, 9.17) is 11.6 Å². The highest BCUT2D eigenvalue weighted by Crippen LogP contribution is 2.23. The summed E-state index contributed by atoms with van der Waals surface area (Å²) in [7, 11) is 0. The molecule has 3 rings (SSSR count). The van der Waals surface area contributed by atoms with E-state index in [0.717, 1.165) is 44.0 Å². The molecule has 1 N–H and O–H groups in total. The number of benzene rings is 2. The summed E-state index contributed by atoms with van der Waals surface area (Å²) in [4.78, 5) is 4.49. The van der Waals surface area contributed by atoms with Crippen molar-refractivity contribution in [3.8, 4) is 0 Å². The van der Waals surface area contributed by atoms with Crippen molar-refractivity contribution in [2.24, 2.45) is 5.10 Å². The van der Waals surface area contributed by atoms with Crippen molar-refractivity contribution in [1.82, 2.24) is 4.90 Å². The number of hydrazone groups is 1. The molecule has 0 saturated carbocycles. The lowest BCUT2D eigenvalue weighted by atomic mass is 10.1. The van der Waals surface area contributed by atoms with Crippen LogP contribution in [0.3, 0.4) is 0 Å². The van der Waals surface area contributed by atoms with Gasteiger partial charge in [0.25, 0.3) is 0 Å². The summed E-state index contributed by atoms with van der Waals surface area (Å²) < 4.78 is 14.6. The summed E-state index contributed by atoms with van der Waals surface area (Å²) in [5, 5.41) is 4.92. The maximum atomic E-state index is 14.6. The van der Waals surface area contributed by atoms with Crippen LogP contribution in [-0.2, 0) is 0 Å². The molecule has 0 aliphatic carbocycles. The minimum Gasteiger partial charge on any atom is -0.367 e. The Morgan fingerprint density at radius 1 is 1.15 bits per heavy atom. The summed E-state index contributed by atoms with van der Waals surface area (Å²) in [6, 6.07) is 12.7. The van der Waals surface area contributed by atoms with Crippen LogP contribution in [0.1, 0.15) is 19.4 Å². The van der Waals surface area contributed by atoms with Gasteiger partial charge in [-0.1, -0.05) is 36.7 Å². The highest BCUT2D eigenvalue weighted by Gasteiger charge is 2.18. The lowest BCUT2D eigenvalue weighted by Crippen LogP contribution is -2.46. The SMILES string of the molecule is CCN1CCN(c2ccc(/C(C)=N\Nc3ccccc3Cl)cc2F)CC1. The smallest absolute Gasteiger partial charge is 0.147 e. The second-order valence-corrected chi connectivity index (χ2v) is 6.78. The van der Waals surface area contributed by atoms with Gasteiger partial charge in [-0.25, -0.2) is 4.39 Å². The average Bonchev–Trinajstić information content (AvgIpc) is 2.67. The number of rotatable bonds is 5. The number of para-hydroxylation sites is 1. The number of piperazine rings is 1. The number of nitrogens with zero attached hydrogens (tertiary/aromatic N) is 3. The summed E-state index contributed by atoms with van der Waals surface area (Å²) in [5.41, 5.74) is 5.77. The number of hydrogen-bond acceptors (Lipinski definition) is 4. The van der Waals surface area contributed by atoms with Gasteiger partial charge < -0.3 is 9.80 Å². The Morgan fingerprint density at radius 2 is 1.88 bits per heavy atom. The van der Waals surface area contributed by atoms with Crippen molar-refractivity contribution < 1.29 is 4.39 Å². The van der Waals surface area contributed by atoms with Crippen LogP contribution in [0.4, 0.5) is 15.8 Å². The predicted molar refractivity (Wildman–Crippen MR) is 108 cm³/mol. The predicted octanol–water partition coefficient (Wildman–Crippen LogP) is 4.46. The molecule has 1 aliphatic rings. The maximum absolute atomic E-state index is 14.6. The van der Waals surface area contributed by atoms with Crippen molar-refractivity contribution in [2.45, 2.75) is 13.8 Å². The first kappa shape index (κ1) is 18.7. The molecular weight excluding hydrogens is 351 g/mol. The summed E-state index contributed by atoms with van der Waals surface area (Å²) in [5.74, 6) is -0.209. The number of nitrogens with one attached hydrogen (secondary N) is 1. The molecule has 1 fully saturated rings. The highest BCUT2D eigenvalue weighted by molar-refractivity contribution is 6.33. The van der Waals surface area contributed by atoms with Crippen molar-refractivity contribution in [2.75, 3.05) is 43.0 Å². The van der Waals surface area contributed by atoms with Crippen LogP contribution in [0, 0.1) is 5.82 Å². The van der Waals surface area contributed by atoms with E-state index in [0.29, 0.717) is 16.4 Å². The molecule has 0 radical (unpaired) electrons. The zero-order chi connectivity index (χ0) is 18.5. The molecule has 2 aromatic carbocycles. The Morgan fingerprint density at radius 3 is 2.54 bits per heavy atom. The molecule has 0 aromatic heterocycles. The van der Waals surface area contributed by atoms with Gasteiger partial charge in [-0.3, -0.25) is 5.43 Å². The largest absolute Gasteiger partial charge is 0.367 e. The molecule has 2 aromatic rings. The minimum atomic E-state index is -0.209. The molecular formula is C20H24ClFN4. The van der Waals surface area contributed by atoms with Crippen LogP contribution < -0.4 is 10.3 Å². The first-order valence-electron chi connectivity index (χ1n) is 8.90. The molecule has 0 bridgehead atoms. The van der Waals surface area contributed by atoms with Gasteiger partial charge in [0, 0.05) is 31.7 Å². The second kappa shape index (κ2) is 8.52. The van der Waals surface area contributed by atoms with Gasteiger partial charge in [0.15, 0.2) is 0 Å². The van der Waals surface area contributed by atoms with E-state index in [1.165, 1.54) is 0 Å². The van der Waals surface area contributed by atoms with Crippen molar-refractivity contribution in [1.29, 1.82) is 0 Å². The summed E-state index contributed by atoms with van der Waals surface area (Å²) in [6.45, 7) is 8.70. The van der Waals surface area contributed by atoms with E-state index in [2.05, 4.69) is 27.3 Å². The number of halogens is 2. The van der Waals surface area contributed by atoms with Crippen LogP contribution in [0.25, 0.3) is 0 Å². The number of likely N-dealkylation sites (N-methyl/N-ethyl adjacent to an activating group) is 1. The van der Waals surface area contributed by atoms with Gasteiger partial charge in [-0.05, 0) is 37.7 Å². The third-order valence-corrected chi connectivity index (χ3v) is 5.07. The van der Waals surface area contributed by atoms with Crippen molar-refractivity contribution >= 4 is 28.7 Å². The summed E-state index contributed by atoms with van der Waals surface area (Å²) >= 11 is 6.11. The Kier molecular flexibility index (Phi) is 6.12. The minimum absolute atomic E-state index is 0.209. The number of hydrogen-bond donors (Lipinski definition) is 1. The second-order valence-electron chi connectivity index (χ2n) is 6.38. The van der Waals surface area contributed by atoms with E-state index in [1.807, 2.05) is 37.3 Å². The fourth-order valence-corrected chi connectivity index (χ4v) is 3.23. The molecule has 1 heterocycles. The normalized spacial score (nSPS) is 16.0. The lowest BCUT2D eigenvalue weighted by molar-refractivity contribution is 0.270. The van der Waals surface area contributed by atoms with Crippen LogP contribution in [0.5, 0.6) is 0 Å². The van der Waals surface area contributed by atoms with Gasteiger partial charge in [-0.15, -0.1) is 0 Å². The maximum Gasteiger partial charge on any atom is 0.147 e. The standard InChI is InChI=1S/C20H24ClFN4/c1-3-25-10-12-26(13-11-25)20-9-8-16(14-18(20)22)15(2)23-24-19-7-5-4-6-17(19)21/h4-9,14,24H,3,10-13H2,1-2H3/b23-15-. The van der Waals surface area contributed by atoms with Gasteiger partial charge in [0.2, 0.25) is 0 Å². The molecule has 1 aliphatic heterocycles. The molecule has 0 atom stereocenters. The third-order valence-electron chi connectivity index (χ3n) is 4.74. The van der Waals surface area contributed by atoms with Crippen LogP contribution in [-0.4, -0.2) is 43.3 Å². The van der Waals surface area contributed by atoms with E-state index in [-0.39, 0.29) is 5.82 Å². The summed E-state index contributed by atoms with van der Waals surface area (Å²) in [6.07, 6.45) is 0. The van der Waals surface area contributed by atoms with Crippen LogP contribution >= 0.6 is 11.6 Å². The van der Waals surface area contributed by atoms with Crippen LogP contribution in [0.15, 0.2) is 47.6 Å². The molecule has 1 saturated heterocycles. The molecule has 0 unspecified atom stereocenters. The van der Waals surface area contributed by atoms with Crippen LogP contribution in [0.2, 0.25) is 5.02 Å². The topological polar surface area (TPSA) is 30.9 Å². The highest BCUT2D eigenvalue weighted by atomic mass is 35.5. The zero-order valence-electron chi connectivity index (χ0n) is 15.2. The van der Waals surface area contributed by atoms with E-state index in [9.17, 15) is 4.39 Å². The lowest BCUT2D eigenvalue weighted by Gasteiger charge is -2.35. The molecule has 138 valence electrons. The molecule has 4 nitrogen and oxygen atoms in total. The first-order valence-corrected chi connectivity index (χ1v) is 9.28. The third kappa shape index (κ3) is 4.34. The van der Waals surface area contributed by atoms with Gasteiger partial charge in [-0.2, -0.15) is 5.10 Å². The van der Waals surface area contributed by atoms with Gasteiger partial charge >= 0.3 is 0 Å². The Hall–Kier alpha value is -2.11. The average molecular weight is 375 g/mol. The fourth-order valence-electron chi connectivity index (χ4n) is 3.05. The monoisotopic (exact) mass is 374 g/mol. The molecule has 6 heteroatoms. The van der Waals surface area contributed by atoms with E-state index < -0.39 is 0 Å². The fraction of sp³-hybridized carbons (Fsp3) is 0.350. The molecule has 0 amide bonds. The number of anilines is 2. The van der Waals surface area contributed by atoms with E-state index >= 15 is 0 Å². The van der Waals surface area contributed by atoms with E-state index in [1.54, 1.807) is 12.1 Å². The van der Waals surface area contributed by atoms with Gasteiger partial charge in [0.05, 0.1) is 22.1 Å². The quantitative estimate of drug-likeness (QED) is 0.619. The zero-order valence-corrected chi connectivity index (χ0v) is 15.9. The Bertz CT molecular complexity index is 785.